The van der Waals surface area contributed by atoms with E-state index in [1.54, 1.807) is 18.9 Å². The predicted octanol–water partition coefficient (Wildman–Crippen LogP) is 3.39. The Hall–Kier alpha value is -1.74. The van der Waals surface area contributed by atoms with Crippen molar-refractivity contribution in [3.05, 3.63) is 40.3 Å². The zero-order chi connectivity index (χ0) is 19.4. The molecule has 0 aliphatic carbocycles. The van der Waals surface area contributed by atoms with Crippen LogP contribution in [-0.2, 0) is 17.8 Å². The molecular weight excluding hydrogens is 418 g/mol. The van der Waals surface area contributed by atoms with Crippen LogP contribution in [0.3, 0.4) is 0 Å². The van der Waals surface area contributed by atoms with E-state index in [0.717, 1.165) is 40.6 Å². The van der Waals surface area contributed by atoms with Crippen molar-refractivity contribution >= 4 is 52.3 Å². The molecule has 6 nitrogen and oxygen atoms in total. The summed E-state index contributed by atoms with van der Waals surface area (Å²) in [5.41, 5.74) is 7.06. The van der Waals surface area contributed by atoms with Crippen LogP contribution in [0, 0.1) is 0 Å². The molecule has 3 N–H and O–H groups in total. The molecule has 1 aliphatic heterocycles. The highest BCUT2D eigenvalue weighted by atomic mass is 35.5. The molecule has 0 bridgehead atoms. The summed E-state index contributed by atoms with van der Waals surface area (Å²) in [5, 5.41) is 3.48. The second-order valence-electron chi connectivity index (χ2n) is 6.38. The molecule has 28 heavy (non-hydrogen) atoms. The van der Waals surface area contributed by atoms with Crippen LogP contribution < -0.4 is 15.8 Å². The minimum Gasteiger partial charge on any atom is -0.497 e. The number of ether oxygens (including phenoxy) is 1. The Morgan fingerprint density at radius 2 is 2.04 bits per heavy atom. The minimum absolute atomic E-state index is 0. The fraction of sp³-hybridized carbons (Fsp3) is 0.368. The van der Waals surface area contributed by atoms with Gasteiger partial charge in [-0.05, 0) is 43.3 Å². The number of methoxy groups -OCH3 is 1. The Balaban J connectivity index is 0.00000280. The fourth-order valence-corrected chi connectivity index (χ4v) is 5.20. The largest absolute Gasteiger partial charge is 0.497 e. The van der Waals surface area contributed by atoms with Crippen molar-refractivity contribution in [2.45, 2.75) is 24.3 Å². The van der Waals surface area contributed by atoms with E-state index >= 15 is 0 Å². The van der Waals surface area contributed by atoms with Gasteiger partial charge >= 0.3 is 0 Å². The second-order valence-corrected chi connectivity index (χ2v) is 8.66. The number of anilines is 1. The van der Waals surface area contributed by atoms with Gasteiger partial charge in [-0.1, -0.05) is 0 Å². The molecular formula is C19H24ClN3O3S2. The van der Waals surface area contributed by atoms with E-state index < -0.39 is 5.91 Å². The Kier molecular flexibility index (Phi) is 8.18. The number of fused-ring (bicyclic) bond motifs is 1. The maximum atomic E-state index is 12.4. The Morgan fingerprint density at radius 1 is 1.32 bits per heavy atom. The third kappa shape index (κ3) is 5.41. The van der Waals surface area contributed by atoms with Gasteiger partial charge in [-0.15, -0.1) is 35.5 Å². The summed E-state index contributed by atoms with van der Waals surface area (Å²) in [5.74, 6) is 0.881. The van der Waals surface area contributed by atoms with Crippen LogP contribution in [0.1, 0.15) is 27.2 Å². The van der Waals surface area contributed by atoms with Crippen molar-refractivity contribution in [1.82, 2.24) is 4.90 Å². The average molecular weight is 442 g/mol. The number of carbonyl (C=O) groups excluding carboxylic acids is 2. The number of amides is 2. The first-order chi connectivity index (χ1) is 13.0. The van der Waals surface area contributed by atoms with Gasteiger partial charge in [0.2, 0.25) is 5.91 Å². The molecule has 0 fully saturated rings. The normalized spacial score (nSPS) is 13.4. The number of nitrogens with one attached hydrogen (secondary N) is 1. The molecule has 0 atom stereocenters. The van der Waals surface area contributed by atoms with Crippen molar-refractivity contribution in [2.75, 3.05) is 31.8 Å². The number of hydrogen-bond acceptors (Lipinski definition) is 6. The number of rotatable bonds is 7. The third-order valence-corrected chi connectivity index (χ3v) is 6.55. The molecule has 1 aromatic heterocycles. The van der Waals surface area contributed by atoms with Gasteiger partial charge in [-0.3, -0.25) is 9.59 Å². The lowest BCUT2D eigenvalue weighted by molar-refractivity contribution is -0.115. The van der Waals surface area contributed by atoms with E-state index in [0.29, 0.717) is 22.7 Å². The van der Waals surface area contributed by atoms with Gasteiger partial charge in [0, 0.05) is 35.0 Å². The summed E-state index contributed by atoms with van der Waals surface area (Å²) in [7, 11) is 3.68. The monoisotopic (exact) mass is 441 g/mol. The first-order valence-electron chi connectivity index (χ1n) is 8.67. The van der Waals surface area contributed by atoms with E-state index in [4.69, 9.17) is 10.5 Å². The number of nitrogens with zero attached hydrogens (tertiary/aromatic N) is 1. The van der Waals surface area contributed by atoms with Gasteiger partial charge in [0.05, 0.1) is 12.7 Å². The molecule has 0 saturated carbocycles. The number of nitrogens with two attached hydrogens (primary N) is 1. The number of thioether (sulfide) groups is 1. The molecule has 1 aromatic carbocycles. The molecule has 1 aliphatic rings. The molecule has 152 valence electrons. The maximum Gasteiger partial charge on any atom is 0.251 e. The molecule has 0 radical (unpaired) electrons. The number of primary amides is 1. The summed E-state index contributed by atoms with van der Waals surface area (Å²) in [4.78, 5) is 28.7. The molecule has 2 amide bonds. The number of benzene rings is 1. The lowest BCUT2D eigenvalue weighted by Crippen LogP contribution is -2.27. The minimum atomic E-state index is -0.472. The molecule has 0 unspecified atom stereocenters. The predicted molar refractivity (Wildman–Crippen MR) is 117 cm³/mol. The molecule has 2 heterocycles. The standard InChI is InChI=1S/C19H23N3O3S2.ClH/c1-22-9-7-14-15(11-22)27-19(17(14)18(20)24)21-16(23)8-10-26-13-5-3-12(25-2)4-6-13;/h3-6H,7-11H2,1-2H3,(H2,20,24)(H,21,23);1H. The summed E-state index contributed by atoms with van der Waals surface area (Å²) < 4.78 is 5.14. The van der Waals surface area contributed by atoms with Crippen LogP contribution in [0.5, 0.6) is 5.75 Å². The van der Waals surface area contributed by atoms with Crippen LogP contribution in [0.4, 0.5) is 5.00 Å². The van der Waals surface area contributed by atoms with E-state index in [9.17, 15) is 9.59 Å². The van der Waals surface area contributed by atoms with E-state index in [2.05, 4.69) is 10.2 Å². The average Bonchev–Trinajstić information content (AvgIpc) is 2.99. The zero-order valence-electron chi connectivity index (χ0n) is 15.8. The van der Waals surface area contributed by atoms with Gasteiger partial charge < -0.3 is 20.7 Å². The van der Waals surface area contributed by atoms with Crippen LogP contribution in [0.2, 0.25) is 0 Å². The maximum absolute atomic E-state index is 12.4. The zero-order valence-corrected chi connectivity index (χ0v) is 18.3. The lowest BCUT2D eigenvalue weighted by atomic mass is 10.0. The fourth-order valence-electron chi connectivity index (χ4n) is 3.00. The van der Waals surface area contributed by atoms with Gasteiger partial charge in [0.1, 0.15) is 10.8 Å². The SMILES string of the molecule is COc1ccc(SCCC(=O)Nc2sc3c(c2C(N)=O)CCN(C)C3)cc1.Cl. The Labute approximate surface area is 179 Å². The van der Waals surface area contributed by atoms with Crippen LogP contribution in [0.15, 0.2) is 29.2 Å². The second kappa shape index (κ2) is 10.2. The summed E-state index contributed by atoms with van der Waals surface area (Å²) in [6, 6.07) is 7.73. The Bertz CT molecular complexity index is 840. The third-order valence-electron chi connectivity index (χ3n) is 4.40. The number of carbonyl (C=O) groups is 2. The molecule has 0 saturated heterocycles. The number of likely N-dealkylation sites (N-methyl/N-ethyl adjacent to an activating group) is 1. The highest BCUT2D eigenvalue weighted by molar-refractivity contribution is 7.99. The molecule has 3 rings (SSSR count). The van der Waals surface area contributed by atoms with Crippen molar-refractivity contribution in [3.63, 3.8) is 0 Å². The number of thiophene rings is 1. The van der Waals surface area contributed by atoms with Gasteiger partial charge in [0.25, 0.3) is 5.91 Å². The number of halogens is 1. The highest BCUT2D eigenvalue weighted by Gasteiger charge is 2.26. The number of hydrogen-bond donors (Lipinski definition) is 2. The van der Waals surface area contributed by atoms with Gasteiger partial charge in [-0.25, -0.2) is 0 Å². The van der Waals surface area contributed by atoms with Crippen molar-refractivity contribution in [1.29, 1.82) is 0 Å². The lowest BCUT2D eigenvalue weighted by Gasteiger charge is -2.22. The first-order valence-corrected chi connectivity index (χ1v) is 10.5. The highest BCUT2D eigenvalue weighted by Crippen LogP contribution is 2.36. The van der Waals surface area contributed by atoms with Crippen LogP contribution >= 0.6 is 35.5 Å². The van der Waals surface area contributed by atoms with Crippen LogP contribution in [-0.4, -0.2) is 43.2 Å². The summed E-state index contributed by atoms with van der Waals surface area (Å²) in [6.45, 7) is 1.67. The molecule has 9 heteroatoms. The topological polar surface area (TPSA) is 84.7 Å². The molecule has 0 spiro atoms. The van der Waals surface area contributed by atoms with E-state index in [1.807, 2.05) is 31.3 Å². The van der Waals surface area contributed by atoms with Gasteiger partial charge in [-0.2, -0.15) is 0 Å². The van der Waals surface area contributed by atoms with Crippen molar-refractivity contribution in [2.24, 2.45) is 5.73 Å². The summed E-state index contributed by atoms with van der Waals surface area (Å²) >= 11 is 3.07. The summed E-state index contributed by atoms with van der Waals surface area (Å²) in [6.07, 6.45) is 1.14. The van der Waals surface area contributed by atoms with Crippen molar-refractivity contribution < 1.29 is 14.3 Å². The van der Waals surface area contributed by atoms with Crippen LogP contribution in [0.25, 0.3) is 0 Å². The van der Waals surface area contributed by atoms with Gasteiger partial charge in [0.15, 0.2) is 0 Å². The van der Waals surface area contributed by atoms with Crippen molar-refractivity contribution in [3.8, 4) is 5.75 Å². The Morgan fingerprint density at radius 3 is 2.68 bits per heavy atom. The smallest absolute Gasteiger partial charge is 0.251 e. The first kappa shape index (κ1) is 22.5. The molecule has 2 aromatic rings. The van der Waals surface area contributed by atoms with E-state index in [1.165, 1.54) is 11.3 Å². The quantitative estimate of drug-likeness (QED) is 0.643. The van der Waals surface area contributed by atoms with E-state index in [-0.39, 0.29) is 18.3 Å².